The van der Waals surface area contributed by atoms with Crippen molar-refractivity contribution in [2.45, 2.75) is 25.8 Å². The minimum atomic E-state index is 0.355. The van der Waals surface area contributed by atoms with Crippen LogP contribution < -0.4 is 10.1 Å². The molecule has 0 aromatic heterocycles. The van der Waals surface area contributed by atoms with E-state index in [1.165, 1.54) is 11.1 Å². The molecular weight excluding hydrogens is 224 g/mol. The van der Waals surface area contributed by atoms with Crippen LogP contribution in [-0.4, -0.2) is 38.7 Å². The van der Waals surface area contributed by atoms with E-state index >= 15 is 0 Å². The summed E-state index contributed by atoms with van der Waals surface area (Å²) < 4.78 is 5.81. The van der Waals surface area contributed by atoms with E-state index in [1.807, 2.05) is 0 Å². The van der Waals surface area contributed by atoms with Crippen LogP contribution in [0.2, 0.25) is 0 Å². The third-order valence-electron chi connectivity index (χ3n) is 3.31. The Bertz CT molecular complexity index is 390. The first kappa shape index (κ1) is 13.4. The smallest absolute Gasteiger partial charge is 0.127 e. The summed E-state index contributed by atoms with van der Waals surface area (Å²) in [4.78, 5) is 2.22. The zero-order valence-electron chi connectivity index (χ0n) is 11.7. The van der Waals surface area contributed by atoms with Crippen LogP contribution in [0.15, 0.2) is 18.2 Å². The van der Waals surface area contributed by atoms with Gasteiger partial charge in [-0.1, -0.05) is 25.1 Å². The lowest BCUT2D eigenvalue weighted by molar-refractivity contribution is 0.321. The Morgan fingerprint density at radius 1 is 1.39 bits per heavy atom. The minimum absolute atomic E-state index is 0.355. The molecule has 0 saturated carbocycles. The monoisotopic (exact) mass is 248 g/mol. The van der Waals surface area contributed by atoms with Crippen molar-refractivity contribution in [1.82, 2.24) is 10.2 Å². The van der Waals surface area contributed by atoms with Gasteiger partial charge in [-0.15, -0.1) is 0 Å². The predicted molar refractivity (Wildman–Crippen MR) is 75.2 cm³/mol. The molecule has 0 fully saturated rings. The Labute approximate surface area is 110 Å². The van der Waals surface area contributed by atoms with Gasteiger partial charge in [-0.2, -0.15) is 0 Å². The van der Waals surface area contributed by atoms with Crippen molar-refractivity contribution in [3.8, 4) is 5.75 Å². The molecule has 0 aliphatic carbocycles. The number of nitrogens with one attached hydrogen (secondary N) is 1. The van der Waals surface area contributed by atoms with Crippen molar-refractivity contribution in [1.29, 1.82) is 0 Å². The van der Waals surface area contributed by atoms with Crippen LogP contribution in [0.25, 0.3) is 0 Å². The zero-order chi connectivity index (χ0) is 13.0. The summed E-state index contributed by atoms with van der Waals surface area (Å²) >= 11 is 0. The second-order valence-electron chi connectivity index (χ2n) is 5.20. The van der Waals surface area contributed by atoms with Crippen molar-refractivity contribution in [3.05, 3.63) is 29.3 Å². The molecule has 1 unspecified atom stereocenters. The van der Waals surface area contributed by atoms with E-state index in [2.05, 4.69) is 49.4 Å². The summed E-state index contributed by atoms with van der Waals surface area (Å²) in [6, 6.07) is 6.88. The van der Waals surface area contributed by atoms with Crippen LogP contribution in [0.5, 0.6) is 5.75 Å². The molecule has 1 aromatic carbocycles. The summed E-state index contributed by atoms with van der Waals surface area (Å²) in [5.41, 5.74) is 2.67. The highest BCUT2D eigenvalue weighted by Gasteiger charge is 2.21. The van der Waals surface area contributed by atoms with Crippen molar-refractivity contribution in [2.75, 3.05) is 33.8 Å². The number of hydrogen-bond donors (Lipinski definition) is 1. The molecule has 18 heavy (non-hydrogen) atoms. The average Bonchev–Trinajstić information content (AvgIpc) is 2.82. The number of benzene rings is 1. The third kappa shape index (κ3) is 3.03. The largest absolute Gasteiger partial charge is 0.493 e. The molecule has 1 heterocycles. The van der Waals surface area contributed by atoms with Gasteiger partial charge in [-0.25, -0.2) is 0 Å². The van der Waals surface area contributed by atoms with Crippen molar-refractivity contribution < 1.29 is 4.74 Å². The lowest BCUT2D eigenvalue weighted by atomic mass is 10.0. The topological polar surface area (TPSA) is 24.5 Å². The quantitative estimate of drug-likeness (QED) is 0.835. The molecule has 1 aliphatic rings. The Hall–Kier alpha value is -1.06. The van der Waals surface area contributed by atoms with Crippen LogP contribution in [-0.2, 0) is 6.42 Å². The lowest BCUT2D eigenvalue weighted by Crippen LogP contribution is -2.31. The van der Waals surface area contributed by atoms with Crippen molar-refractivity contribution >= 4 is 0 Å². The number of rotatable bonds is 6. The molecule has 0 bridgehead atoms. The number of fused-ring (bicyclic) bond motifs is 1. The SMILES string of the molecule is CCCNC(CN(C)C)c1cccc2c1OCC2. The molecule has 100 valence electrons. The fourth-order valence-corrected chi connectivity index (χ4v) is 2.47. The van der Waals surface area contributed by atoms with Crippen LogP contribution in [0.1, 0.15) is 30.5 Å². The first-order chi connectivity index (χ1) is 8.72. The number of para-hydroxylation sites is 1. The number of likely N-dealkylation sites (N-methyl/N-ethyl adjacent to an activating group) is 1. The summed E-state index contributed by atoms with van der Waals surface area (Å²) in [5, 5.41) is 3.63. The molecule has 0 radical (unpaired) electrons. The second kappa shape index (κ2) is 6.21. The van der Waals surface area contributed by atoms with Gasteiger partial charge in [-0.05, 0) is 32.6 Å². The van der Waals surface area contributed by atoms with E-state index in [0.29, 0.717) is 6.04 Å². The first-order valence-electron chi connectivity index (χ1n) is 6.85. The first-order valence-corrected chi connectivity index (χ1v) is 6.85. The summed E-state index contributed by atoms with van der Waals surface area (Å²) in [7, 11) is 4.23. The number of hydrogen-bond acceptors (Lipinski definition) is 3. The molecule has 0 spiro atoms. The fourth-order valence-electron chi connectivity index (χ4n) is 2.47. The van der Waals surface area contributed by atoms with E-state index in [-0.39, 0.29) is 0 Å². The number of nitrogens with zero attached hydrogens (tertiary/aromatic N) is 1. The fraction of sp³-hybridized carbons (Fsp3) is 0.600. The van der Waals surface area contributed by atoms with Gasteiger partial charge >= 0.3 is 0 Å². The standard InChI is InChI=1S/C15H24N2O/c1-4-9-16-14(11-17(2)3)13-7-5-6-12-8-10-18-15(12)13/h5-7,14,16H,4,8-11H2,1-3H3. The van der Waals surface area contributed by atoms with Crippen molar-refractivity contribution in [2.24, 2.45) is 0 Å². The zero-order valence-corrected chi connectivity index (χ0v) is 11.7. The Morgan fingerprint density at radius 2 is 2.22 bits per heavy atom. The van der Waals surface area contributed by atoms with Crippen LogP contribution in [0.4, 0.5) is 0 Å². The van der Waals surface area contributed by atoms with Gasteiger partial charge in [0.1, 0.15) is 5.75 Å². The van der Waals surface area contributed by atoms with E-state index in [0.717, 1.165) is 38.3 Å². The lowest BCUT2D eigenvalue weighted by Gasteiger charge is -2.24. The van der Waals surface area contributed by atoms with Gasteiger partial charge in [0.25, 0.3) is 0 Å². The molecule has 2 rings (SSSR count). The Balaban J connectivity index is 2.21. The molecule has 3 heteroatoms. The third-order valence-corrected chi connectivity index (χ3v) is 3.31. The molecule has 0 amide bonds. The summed E-state index contributed by atoms with van der Waals surface area (Å²) in [5.74, 6) is 1.12. The molecule has 3 nitrogen and oxygen atoms in total. The van der Waals surface area contributed by atoms with Gasteiger partial charge in [0.2, 0.25) is 0 Å². The van der Waals surface area contributed by atoms with Crippen molar-refractivity contribution in [3.63, 3.8) is 0 Å². The van der Waals surface area contributed by atoms with E-state index in [1.54, 1.807) is 0 Å². The second-order valence-corrected chi connectivity index (χ2v) is 5.20. The Kier molecular flexibility index (Phi) is 4.61. The highest BCUT2D eigenvalue weighted by Crippen LogP contribution is 2.33. The van der Waals surface area contributed by atoms with Gasteiger partial charge in [0.05, 0.1) is 6.61 Å². The van der Waals surface area contributed by atoms with Gasteiger partial charge in [-0.3, -0.25) is 0 Å². The molecule has 1 aromatic rings. The van der Waals surface area contributed by atoms with Gasteiger partial charge < -0.3 is 15.0 Å². The molecule has 1 N–H and O–H groups in total. The van der Waals surface area contributed by atoms with E-state index in [9.17, 15) is 0 Å². The molecule has 1 aliphatic heterocycles. The maximum Gasteiger partial charge on any atom is 0.127 e. The predicted octanol–water partition coefficient (Wildman–Crippen LogP) is 2.22. The summed E-state index contributed by atoms with van der Waals surface area (Å²) in [6.07, 6.45) is 2.20. The van der Waals surface area contributed by atoms with Crippen LogP contribution >= 0.6 is 0 Å². The molecule has 0 saturated heterocycles. The van der Waals surface area contributed by atoms with E-state index in [4.69, 9.17) is 4.74 Å². The normalized spacial score (nSPS) is 15.6. The Morgan fingerprint density at radius 3 is 2.94 bits per heavy atom. The maximum atomic E-state index is 5.81. The van der Waals surface area contributed by atoms with Crippen LogP contribution in [0, 0.1) is 0 Å². The highest BCUT2D eigenvalue weighted by atomic mass is 16.5. The highest BCUT2D eigenvalue weighted by molar-refractivity contribution is 5.45. The minimum Gasteiger partial charge on any atom is -0.493 e. The summed E-state index contributed by atoms with van der Waals surface area (Å²) in [6.45, 7) is 5.07. The van der Waals surface area contributed by atoms with E-state index < -0.39 is 0 Å². The maximum absolute atomic E-state index is 5.81. The number of ether oxygens (including phenoxy) is 1. The molecule has 1 atom stereocenters. The average molecular weight is 248 g/mol. The van der Waals surface area contributed by atoms with Gasteiger partial charge in [0.15, 0.2) is 0 Å². The van der Waals surface area contributed by atoms with Gasteiger partial charge in [0, 0.05) is 24.6 Å². The molecular formula is C15H24N2O. The van der Waals surface area contributed by atoms with Crippen LogP contribution in [0.3, 0.4) is 0 Å².